The first-order valence-electron chi connectivity index (χ1n) is 7.21. The number of fused-ring (bicyclic) bond motifs is 1. The van der Waals surface area contributed by atoms with E-state index in [1.54, 1.807) is 12.1 Å². The van der Waals surface area contributed by atoms with Gasteiger partial charge in [0.15, 0.2) is 17.3 Å². The zero-order valence-electron chi connectivity index (χ0n) is 13.4. The Morgan fingerprint density at radius 1 is 1.04 bits per heavy atom. The van der Waals surface area contributed by atoms with Crippen LogP contribution in [0.1, 0.15) is 15.9 Å². The van der Waals surface area contributed by atoms with Gasteiger partial charge in [0.1, 0.15) is 5.70 Å². The molecule has 1 heterocycles. The van der Waals surface area contributed by atoms with Gasteiger partial charge in [0.2, 0.25) is 5.78 Å². The minimum atomic E-state index is -3.95. The van der Waals surface area contributed by atoms with E-state index >= 15 is 0 Å². The quantitative estimate of drug-likeness (QED) is 0.641. The molecular formula is C17H15NO6S. The number of methoxy groups -OCH3 is 2. The summed E-state index contributed by atoms with van der Waals surface area (Å²) in [5, 5.41) is 10.5. The third-order valence-electron chi connectivity index (χ3n) is 3.78. The third kappa shape index (κ3) is 2.80. The number of benzene rings is 2. The number of carbonyl (C=O) groups excluding carboxylic acids is 1. The second kappa shape index (κ2) is 6.14. The second-order valence-electron chi connectivity index (χ2n) is 5.22. The summed E-state index contributed by atoms with van der Waals surface area (Å²) in [4.78, 5) is 12.5. The Bertz CT molecular complexity index is 994. The lowest BCUT2D eigenvalue weighted by Crippen LogP contribution is -2.35. The number of nitrogens with one attached hydrogen (secondary N) is 1. The van der Waals surface area contributed by atoms with Crippen molar-refractivity contribution in [1.29, 1.82) is 0 Å². The predicted octanol–water partition coefficient (Wildman–Crippen LogP) is 2.11. The van der Waals surface area contributed by atoms with E-state index in [-0.39, 0.29) is 16.0 Å². The molecule has 8 heteroatoms. The fraction of sp³-hybridized carbons (Fsp3) is 0.118. The molecular weight excluding hydrogens is 346 g/mol. The molecule has 0 bridgehead atoms. The summed E-state index contributed by atoms with van der Waals surface area (Å²) in [6, 6.07) is 10.3. The summed E-state index contributed by atoms with van der Waals surface area (Å²) >= 11 is 0. The lowest BCUT2D eigenvalue weighted by molar-refractivity contribution is 0.102. The Hall–Kier alpha value is -3.00. The predicted molar refractivity (Wildman–Crippen MR) is 90.2 cm³/mol. The van der Waals surface area contributed by atoms with Crippen LogP contribution < -0.4 is 14.2 Å². The van der Waals surface area contributed by atoms with Crippen molar-refractivity contribution in [3.63, 3.8) is 0 Å². The number of hydrogen-bond donors (Lipinski definition) is 2. The van der Waals surface area contributed by atoms with Crippen LogP contribution in [0.25, 0.3) is 5.76 Å². The Labute approximate surface area is 144 Å². The first-order chi connectivity index (χ1) is 11.9. The standard InChI is InChI=1S/C17H15NO6S/c1-23-12-8-7-10(9-13(12)24-2)16(19)15-17(20)11-5-3-4-6-14(11)25(21,22)18-15/h3-9,18-19H,1-2H3. The lowest BCUT2D eigenvalue weighted by atomic mass is 10.0. The smallest absolute Gasteiger partial charge is 0.262 e. The molecule has 2 aromatic carbocycles. The van der Waals surface area contributed by atoms with Crippen LogP contribution in [0.5, 0.6) is 11.5 Å². The zero-order chi connectivity index (χ0) is 18.2. The third-order valence-corrected chi connectivity index (χ3v) is 5.19. The highest BCUT2D eigenvalue weighted by molar-refractivity contribution is 7.90. The highest BCUT2D eigenvalue weighted by atomic mass is 32.2. The first kappa shape index (κ1) is 16.8. The van der Waals surface area contributed by atoms with E-state index in [1.165, 1.54) is 44.6 Å². The highest BCUT2D eigenvalue weighted by Gasteiger charge is 2.34. The van der Waals surface area contributed by atoms with Crippen molar-refractivity contribution in [3.05, 3.63) is 59.3 Å². The van der Waals surface area contributed by atoms with Gasteiger partial charge in [-0.1, -0.05) is 12.1 Å². The van der Waals surface area contributed by atoms with Crippen molar-refractivity contribution in [2.45, 2.75) is 4.90 Å². The van der Waals surface area contributed by atoms with Gasteiger partial charge >= 0.3 is 0 Å². The molecule has 3 rings (SSSR count). The molecule has 1 aliphatic heterocycles. The average Bonchev–Trinajstić information content (AvgIpc) is 2.63. The topological polar surface area (TPSA) is 102 Å². The number of carbonyl (C=O) groups is 1. The summed E-state index contributed by atoms with van der Waals surface area (Å²) < 4.78 is 37.1. The Morgan fingerprint density at radius 2 is 1.72 bits per heavy atom. The first-order valence-corrected chi connectivity index (χ1v) is 8.69. The summed E-state index contributed by atoms with van der Waals surface area (Å²) in [6.45, 7) is 0. The summed E-state index contributed by atoms with van der Waals surface area (Å²) in [6.07, 6.45) is 0. The van der Waals surface area contributed by atoms with Gasteiger partial charge in [0.05, 0.1) is 19.1 Å². The fourth-order valence-corrected chi connectivity index (χ4v) is 3.82. The molecule has 2 aromatic rings. The van der Waals surface area contributed by atoms with Crippen molar-refractivity contribution in [2.75, 3.05) is 14.2 Å². The van der Waals surface area contributed by atoms with Crippen LogP contribution >= 0.6 is 0 Å². The molecule has 7 nitrogen and oxygen atoms in total. The minimum absolute atomic E-state index is 0.00303. The summed E-state index contributed by atoms with van der Waals surface area (Å²) in [5.41, 5.74) is -0.197. The van der Waals surface area contributed by atoms with Crippen LogP contribution in [0.4, 0.5) is 0 Å². The van der Waals surface area contributed by atoms with Crippen molar-refractivity contribution < 1.29 is 27.8 Å². The maximum Gasteiger partial charge on any atom is 0.262 e. The van der Waals surface area contributed by atoms with Gasteiger partial charge in [-0.2, -0.15) is 0 Å². The summed E-state index contributed by atoms with van der Waals surface area (Å²) in [5.74, 6) is -0.342. The Kier molecular flexibility index (Phi) is 4.13. The van der Waals surface area contributed by atoms with Gasteiger partial charge in [0.25, 0.3) is 10.0 Å². The van der Waals surface area contributed by atoms with Crippen LogP contribution in [0.3, 0.4) is 0 Å². The molecule has 0 saturated heterocycles. The van der Waals surface area contributed by atoms with E-state index in [9.17, 15) is 18.3 Å². The molecule has 0 saturated carbocycles. The van der Waals surface area contributed by atoms with Gasteiger partial charge in [-0.3, -0.25) is 9.52 Å². The van der Waals surface area contributed by atoms with E-state index in [1.807, 2.05) is 0 Å². The maximum absolute atomic E-state index is 12.6. The number of aliphatic hydroxyl groups excluding tert-OH is 1. The van der Waals surface area contributed by atoms with Gasteiger partial charge in [-0.25, -0.2) is 8.42 Å². The largest absolute Gasteiger partial charge is 0.505 e. The number of ketones is 1. The van der Waals surface area contributed by atoms with Crippen molar-refractivity contribution in [3.8, 4) is 11.5 Å². The molecule has 25 heavy (non-hydrogen) atoms. The molecule has 0 amide bonds. The van der Waals surface area contributed by atoms with E-state index in [0.717, 1.165) is 0 Å². The molecule has 2 N–H and O–H groups in total. The van der Waals surface area contributed by atoms with Crippen LogP contribution in [-0.4, -0.2) is 33.5 Å². The molecule has 0 aromatic heterocycles. The minimum Gasteiger partial charge on any atom is -0.505 e. The number of allylic oxidation sites excluding steroid dienone is 1. The van der Waals surface area contributed by atoms with Gasteiger partial charge < -0.3 is 14.6 Å². The molecule has 1 aliphatic rings. The molecule has 0 radical (unpaired) electrons. The van der Waals surface area contributed by atoms with E-state index in [0.29, 0.717) is 11.5 Å². The van der Waals surface area contributed by atoms with Crippen molar-refractivity contribution >= 4 is 21.6 Å². The van der Waals surface area contributed by atoms with Crippen LogP contribution in [0.15, 0.2) is 53.1 Å². The number of aliphatic hydroxyl groups is 1. The number of ether oxygens (including phenoxy) is 2. The van der Waals surface area contributed by atoms with E-state index in [4.69, 9.17) is 9.47 Å². The normalized spacial score (nSPS) is 17.3. The molecule has 130 valence electrons. The Morgan fingerprint density at radius 3 is 2.40 bits per heavy atom. The zero-order valence-corrected chi connectivity index (χ0v) is 14.3. The average molecular weight is 361 g/mol. The van der Waals surface area contributed by atoms with Crippen molar-refractivity contribution in [2.24, 2.45) is 0 Å². The summed E-state index contributed by atoms with van der Waals surface area (Å²) in [7, 11) is -1.06. The number of Topliss-reactive ketones (excluding diaryl/α,β-unsaturated/α-hetero) is 1. The molecule has 0 unspecified atom stereocenters. The molecule has 0 fully saturated rings. The van der Waals surface area contributed by atoms with Gasteiger partial charge in [-0.15, -0.1) is 0 Å². The molecule has 0 atom stereocenters. The van der Waals surface area contributed by atoms with Crippen LogP contribution in [0.2, 0.25) is 0 Å². The Balaban J connectivity index is 2.17. The van der Waals surface area contributed by atoms with Crippen LogP contribution in [0, 0.1) is 0 Å². The lowest BCUT2D eigenvalue weighted by Gasteiger charge is -2.20. The van der Waals surface area contributed by atoms with Crippen molar-refractivity contribution in [1.82, 2.24) is 4.72 Å². The fourth-order valence-electron chi connectivity index (χ4n) is 2.54. The number of hydrogen-bond acceptors (Lipinski definition) is 6. The SMILES string of the molecule is COc1ccc(C(O)=C2NS(=O)(=O)c3ccccc3C2=O)cc1OC. The second-order valence-corrected chi connectivity index (χ2v) is 6.87. The molecule has 0 spiro atoms. The number of rotatable bonds is 3. The number of sulfonamides is 1. The highest BCUT2D eigenvalue weighted by Crippen LogP contribution is 2.32. The van der Waals surface area contributed by atoms with Gasteiger partial charge in [-0.05, 0) is 30.3 Å². The van der Waals surface area contributed by atoms with Crippen LogP contribution in [-0.2, 0) is 10.0 Å². The molecule has 0 aliphatic carbocycles. The van der Waals surface area contributed by atoms with E-state index < -0.39 is 27.3 Å². The van der Waals surface area contributed by atoms with Gasteiger partial charge in [0, 0.05) is 11.1 Å². The van der Waals surface area contributed by atoms with E-state index in [2.05, 4.69) is 4.72 Å². The monoisotopic (exact) mass is 361 g/mol. The maximum atomic E-state index is 12.6.